The molecule has 0 radical (unpaired) electrons. The fraction of sp³-hybridized carbons (Fsp3) is 0.333. The summed E-state index contributed by atoms with van der Waals surface area (Å²) in [4.78, 5) is 0. The van der Waals surface area contributed by atoms with Gasteiger partial charge in [-0.1, -0.05) is 29.8 Å². The van der Waals surface area contributed by atoms with Gasteiger partial charge in [0.05, 0.1) is 17.6 Å². The van der Waals surface area contributed by atoms with E-state index in [9.17, 15) is 12.8 Å². The molecule has 0 fully saturated rings. The van der Waals surface area contributed by atoms with Gasteiger partial charge in [0, 0.05) is 31.0 Å². The van der Waals surface area contributed by atoms with Crippen LogP contribution in [-0.4, -0.2) is 32.5 Å². The van der Waals surface area contributed by atoms with Crippen LogP contribution in [0.5, 0.6) is 5.75 Å². The smallest absolute Gasteiger partial charge is 0.253 e. The monoisotopic (exact) mass is 469 g/mol. The Balaban J connectivity index is 1.44. The molecular formula is C21H21ClFNO4S2. The van der Waals surface area contributed by atoms with Crippen molar-refractivity contribution in [2.45, 2.75) is 23.8 Å². The van der Waals surface area contributed by atoms with Crippen molar-refractivity contribution in [1.29, 1.82) is 0 Å². The molecule has 0 amide bonds. The third-order valence-corrected chi connectivity index (χ3v) is 8.47. The van der Waals surface area contributed by atoms with Gasteiger partial charge in [0.1, 0.15) is 22.4 Å². The molecule has 5 nitrogen and oxygen atoms in total. The zero-order chi connectivity index (χ0) is 21.1. The van der Waals surface area contributed by atoms with E-state index in [-0.39, 0.29) is 35.7 Å². The van der Waals surface area contributed by atoms with Crippen LogP contribution in [0.1, 0.15) is 17.5 Å². The zero-order valence-electron chi connectivity index (χ0n) is 16.1. The molecule has 2 aliphatic rings. The van der Waals surface area contributed by atoms with Gasteiger partial charge in [-0.05, 0) is 35.9 Å². The topological polar surface area (TPSA) is 55.8 Å². The Bertz CT molecular complexity index is 1080. The number of hydrogen-bond acceptors (Lipinski definition) is 5. The predicted octanol–water partition coefficient (Wildman–Crippen LogP) is 4.93. The normalized spacial score (nSPS) is 19.7. The second-order valence-electron chi connectivity index (χ2n) is 7.17. The van der Waals surface area contributed by atoms with Gasteiger partial charge in [0.2, 0.25) is 0 Å². The van der Waals surface area contributed by atoms with Gasteiger partial charge >= 0.3 is 0 Å². The number of benzene rings is 1. The molecule has 1 aromatic carbocycles. The minimum absolute atomic E-state index is 0.0254. The Morgan fingerprint density at radius 1 is 1.30 bits per heavy atom. The summed E-state index contributed by atoms with van der Waals surface area (Å²) in [6.07, 6.45) is 5.47. The molecule has 9 heteroatoms. The van der Waals surface area contributed by atoms with E-state index in [4.69, 9.17) is 21.1 Å². The minimum Gasteiger partial charge on any atom is -0.492 e. The number of sulfonamides is 1. The third-order valence-electron chi connectivity index (χ3n) is 4.93. The average Bonchev–Trinajstić information content (AvgIpc) is 3.04. The molecule has 0 bridgehead atoms. The van der Waals surface area contributed by atoms with Crippen molar-refractivity contribution in [1.82, 2.24) is 4.31 Å². The van der Waals surface area contributed by atoms with E-state index in [0.29, 0.717) is 29.7 Å². The van der Waals surface area contributed by atoms with Crippen LogP contribution >= 0.6 is 22.9 Å². The Hall–Kier alpha value is -1.71. The van der Waals surface area contributed by atoms with E-state index >= 15 is 0 Å². The lowest BCUT2D eigenvalue weighted by Gasteiger charge is -2.18. The molecule has 160 valence electrons. The van der Waals surface area contributed by atoms with Crippen LogP contribution in [0.4, 0.5) is 4.39 Å². The van der Waals surface area contributed by atoms with Crippen LogP contribution in [-0.2, 0) is 27.9 Å². The Labute approximate surface area is 184 Å². The maximum atomic E-state index is 13.3. The number of nitrogens with zero attached hydrogens (tertiary/aromatic N) is 1. The summed E-state index contributed by atoms with van der Waals surface area (Å²) in [5, 5.41) is 0. The Kier molecular flexibility index (Phi) is 6.60. The van der Waals surface area contributed by atoms with E-state index in [1.54, 1.807) is 12.1 Å². The fourth-order valence-electron chi connectivity index (χ4n) is 3.43. The third kappa shape index (κ3) is 4.95. The lowest BCUT2D eigenvalue weighted by molar-refractivity contribution is 0.0976. The van der Waals surface area contributed by atoms with Gasteiger partial charge in [-0.2, -0.15) is 4.31 Å². The number of halogens is 2. The van der Waals surface area contributed by atoms with E-state index in [0.717, 1.165) is 22.5 Å². The summed E-state index contributed by atoms with van der Waals surface area (Å²) < 4.78 is 52.9. The first-order valence-electron chi connectivity index (χ1n) is 9.52. The maximum Gasteiger partial charge on any atom is 0.253 e. The Morgan fingerprint density at radius 3 is 2.93 bits per heavy atom. The number of thiophene rings is 1. The average molecular weight is 470 g/mol. The number of fused-ring (bicyclic) bond motifs is 1. The quantitative estimate of drug-likeness (QED) is 0.601. The fourth-order valence-corrected chi connectivity index (χ4v) is 6.47. The highest BCUT2D eigenvalue weighted by molar-refractivity contribution is 7.91. The minimum atomic E-state index is -3.65. The summed E-state index contributed by atoms with van der Waals surface area (Å²) in [6.45, 7) is 1.52. The summed E-state index contributed by atoms with van der Waals surface area (Å²) >= 11 is 6.96. The number of hydrogen-bond donors (Lipinski definition) is 0. The van der Waals surface area contributed by atoms with Gasteiger partial charge in [0.25, 0.3) is 10.0 Å². The maximum absolute atomic E-state index is 13.3. The molecule has 2 heterocycles. The van der Waals surface area contributed by atoms with Crippen LogP contribution in [0.2, 0.25) is 4.34 Å². The van der Waals surface area contributed by atoms with E-state index < -0.39 is 10.0 Å². The molecule has 0 spiro atoms. The molecule has 1 atom stereocenters. The zero-order valence-corrected chi connectivity index (χ0v) is 18.5. The van der Waals surface area contributed by atoms with Crippen LogP contribution in [0.3, 0.4) is 0 Å². The number of allylic oxidation sites excluding steroid dienone is 3. The molecular weight excluding hydrogens is 449 g/mol. The molecule has 0 saturated heterocycles. The second kappa shape index (κ2) is 9.20. The van der Waals surface area contributed by atoms with Crippen molar-refractivity contribution < 1.29 is 22.3 Å². The van der Waals surface area contributed by atoms with Crippen LogP contribution < -0.4 is 4.74 Å². The summed E-state index contributed by atoms with van der Waals surface area (Å²) in [5.74, 6) is 0.558. The lowest BCUT2D eigenvalue weighted by atomic mass is 10.0. The molecule has 0 saturated carbocycles. The second-order valence-corrected chi connectivity index (χ2v) is 11.0. The summed E-state index contributed by atoms with van der Waals surface area (Å²) in [7, 11) is -3.65. The first-order chi connectivity index (χ1) is 14.4. The predicted molar refractivity (Wildman–Crippen MR) is 115 cm³/mol. The van der Waals surface area contributed by atoms with E-state index in [1.807, 2.05) is 24.3 Å². The van der Waals surface area contributed by atoms with E-state index in [1.165, 1.54) is 16.4 Å². The van der Waals surface area contributed by atoms with Gasteiger partial charge in [-0.15, -0.1) is 11.3 Å². The number of ether oxygens (including phenoxy) is 2. The molecule has 1 aliphatic carbocycles. The van der Waals surface area contributed by atoms with Crippen molar-refractivity contribution in [3.63, 3.8) is 0 Å². The largest absolute Gasteiger partial charge is 0.492 e. The van der Waals surface area contributed by atoms with Crippen molar-refractivity contribution >= 4 is 33.0 Å². The SMILES string of the molecule is O=S(=O)(c1ccc(Cl)s1)N1CCOc2ccc(COCC3C=CC=C(F)C3)cc2C1. The molecule has 30 heavy (non-hydrogen) atoms. The highest BCUT2D eigenvalue weighted by atomic mass is 35.5. The van der Waals surface area contributed by atoms with Gasteiger partial charge in [0.15, 0.2) is 0 Å². The van der Waals surface area contributed by atoms with Crippen LogP contribution in [0.25, 0.3) is 0 Å². The van der Waals surface area contributed by atoms with Gasteiger partial charge in [-0.25, -0.2) is 12.8 Å². The molecule has 1 aliphatic heterocycles. The van der Waals surface area contributed by atoms with Crippen LogP contribution in [0.15, 0.2) is 58.6 Å². The molecule has 0 N–H and O–H groups in total. The highest BCUT2D eigenvalue weighted by Gasteiger charge is 2.29. The highest BCUT2D eigenvalue weighted by Crippen LogP contribution is 2.32. The molecule has 2 aromatic rings. The Morgan fingerprint density at radius 2 is 2.17 bits per heavy atom. The summed E-state index contributed by atoms with van der Waals surface area (Å²) in [5.41, 5.74) is 1.69. The van der Waals surface area contributed by atoms with Gasteiger partial charge < -0.3 is 9.47 Å². The van der Waals surface area contributed by atoms with Crippen molar-refractivity contribution in [2.24, 2.45) is 5.92 Å². The molecule has 1 aromatic heterocycles. The van der Waals surface area contributed by atoms with Crippen LogP contribution in [0, 0.1) is 5.92 Å². The molecule has 4 rings (SSSR count). The lowest BCUT2D eigenvalue weighted by Crippen LogP contribution is -2.32. The van der Waals surface area contributed by atoms with E-state index in [2.05, 4.69) is 0 Å². The number of rotatable bonds is 6. The summed E-state index contributed by atoms with van der Waals surface area (Å²) in [6, 6.07) is 8.76. The first-order valence-corrected chi connectivity index (χ1v) is 12.2. The van der Waals surface area contributed by atoms with Crippen molar-refractivity contribution in [2.75, 3.05) is 19.8 Å². The first kappa shape index (κ1) is 21.5. The standard InChI is InChI=1S/C21H21ClFNO4S2/c22-20-6-7-21(29-20)30(25,26)24-8-9-28-19-5-4-16(10-17(19)12-24)14-27-13-15-2-1-3-18(23)11-15/h1-7,10,15H,8-9,11-14H2. The van der Waals surface area contributed by atoms with Crippen molar-refractivity contribution in [3.8, 4) is 5.75 Å². The molecule has 1 unspecified atom stereocenters. The van der Waals surface area contributed by atoms with Gasteiger partial charge in [-0.3, -0.25) is 0 Å². The van der Waals surface area contributed by atoms with Crippen molar-refractivity contribution in [3.05, 3.63) is 69.9 Å².